The molecule has 3 unspecified atom stereocenters. The van der Waals surface area contributed by atoms with Crippen LogP contribution < -0.4 is 5.32 Å². The highest BCUT2D eigenvalue weighted by molar-refractivity contribution is 4.86. The van der Waals surface area contributed by atoms with E-state index in [9.17, 15) is 0 Å². The first-order valence-corrected chi connectivity index (χ1v) is 7.53. The molecular weight excluding hydrogens is 194 g/mol. The van der Waals surface area contributed by atoms with Gasteiger partial charge in [0, 0.05) is 6.04 Å². The lowest BCUT2D eigenvalue weighted by Gasteiger charge is -2.21. The highest BCUT2D eigenvalue weighted by Gasteiger charge is 2.31. The monoisotopic (exact) mass is 225 g/mol. The van der Waals surface area contributed by atoms with Crippen LogP contribution in [0.4, 0.5) is 0 Å². The van der Waals surface area contributed by atoms with Crippen LogP contribution in [0.3, 0.4) is 0 Å². The minimum Gasteiger partial charge on any atom is -0.314 e. The third kappa shape index (κ3) is 4.45. The van der Waals surface area contributed by atoms with Crippen molar-refractivity contribution in [3.63, 3.8) is 0 Å². The first-order chi connectivity index (χ1) is 7.79. The van der Waals surface area contributed by atoms with Crippen LogP contribution in [0.1, 0.15) is 72.1 Å². The largest absolute Gasteiger partial charge is 0.314 e. The van der Waals surface area contributed by atoms with Crippen molar-refractivity contribution < 1.29 is 0 Å². The van der Waals surface area contributed by atoms with Gasteiger partial charge >= 0.3 is 0 Å². The van der Waals surface area contributed by atoms with E-state index in [1.54, 1.807) is 0 Å². The molecule has 0 spiro atoms. The minimum atomic E-state index is 0.816. The number of hydrogen-bond donors (Lipinski definition) is 1. The summed E-state index contributed by atoms with van der Waals surface area (Å²) >= 11 is 0. The summed E-state index contributed by atoms with van der Waals surface area (Å²) in [5.74, 6) is 1.92. The van der Waals surface area contributed by atoms with E-state index in [-0.39, 0.29) is 0 Å². The SMILES string of the molecule is CCCCCCC1CCC(NCCC)C1C. The van der Waals surface area contributed by atoms with Gasteiger partial charge in [0.05, 0.1) is 0 Å². The van der Waals surface area contributed by atoms with E-state index in [1.165, 1.54) is 57.9 Å². The summed E-state index contributed by atoms with van der Waals surface area (Å²) in [4.78, 5) is 0. The van der Waals surface area contributed by atoms with Gasteiger partial charge in [0.1, 0.15) is 0 Å². The molecule has 0 radical (unpaired) electrons. The van der Waals surface area contributed by atoms with Gasteiger partial charge in [-0.25, -0.2) is 0 Å². The standard InChI is InChI=1S/C15H31N/c1-4-6-7-8-9-14-10-11-15(13(14)3)16-12-5-2/h13-16H,4-12H2,1-3H3. The Labute approximate surface area is 102 Å². The van der Waals surface area contributed by atoms with E-state index in [0.29, 0.717) is 0 Å². The predicted octanol–water partition coefficient (Wildman–Crippen LogP) is 4.37. The molecule has 1 fully saturated rings. The topological polar surface area (TPSA) is 12.0 Å². The third-order valence-electron chi connectivity index (χ3n) is 4.31. The number of rotatable bonds is 8. The lowest BCUT2D eigenvalue weighted by Crippen LogP contribution is -2.33. The van der Waals surface area contributed by atoms with Crippen molar-refractivity contribution in [3.05, 3.63) is 0 Å². The smallest absolute Gasteiger partial charge is 0.00954 e. The van der Waals surface area contributed by atoms with E-state index in [0.717, 1.165) is 17.9 Å². The highest BCUT2D eigenvalue weighted by Crippen LogP contribution is 2.35. The zero-order valence-corrected chi connectivity index (χ0v) is 11.6. The van der Waals surface area contributed by atoms with Crippen LogP contribution in [0, 0.1) is 11.8 Å². The first kappa shape index (κ1) is 14.0. The average Bonchev–Trinajstić information content (AvgIpc) is 2.64. The summed E-state index contributed by atoms with van der Waals surface area (Å²) in [5.41, 5.74) is 0. The molecule has 0 aromatic rings. The molecule has 1 heteroatoms. The Kier molecular flexibility index (Phi) is 7.11. The molecule has 3 atom stereocenters. The quantitative estimate of drug-likeness (QED) is 0.605. The van der Waals surface area contributed by atoms with Gasteiger partial charge in [-0.15, -0.1) is 0 Å². The van der Waals surface area contributed by atoms with Gasteiger partial charge in [0.15, 0.2) is 0 Å². The molecule has 96 valence electrons. The molecule has 0 bridgehead atoms. The Morgan fingerprint density at radius 3 is 2.50 bits per heavy atom. The molecule has 1 saturated carbocycles. The maximum absolute atomic E-state index is 3.71. The maximum atomic E-state index is 3.71. The number of hydrogen-bond acceptors (Lipinski definition) is 1. The van der Waals surface area contributed by atoms with Crippen LogP contribution in [-0.2, 0) is 0 Å². The Hall–Kier alpha value is -0.0400. The van der Waals surface area contributed by atoms with Crippen molar-refractivity contribution in [1.82, 2.24) is 5.32 Å². The molecule has 0 aromatic heterocycles. The van der Waals surface area contributed by atoms with Gasteiger partial charge in [0.25, 0.3) is 0 Å². The summed E-state index contributed by atoms with van der Waals surface area (Å²) in [6, 6.07) is 0.816. The zero-order chi connectivity index (χ0) is 11.8. The van der Waals surface area contributed by atoms with Crippen molar-refractivity contribution in [3.8, 4) is 0 Å². The summed E-state index contributed by atoms with van der Waals surface area (Å²) in [7, 11) is 0. The normalized spacial score (nSPS) is 29.8. The van der Waals surface area contributed by atoms with Crippen LogP contribution >= 0.6 is 0 Å². The second-order valence-electron chi connectivity index (χ2n) is 5.61. The summed E-state index contributed by atoms with van der Waals surface area (Å²) < 4.78 is 0. The van der Waals surface area contributed by atoms with Crippen molar-refractivity contribution in [2.75, 3.05) is 6.54 Å². The fourth-order valence-corrected chi connectivity index (χ4v) is 3.11. The molecule has 1 N–H and O–H groups in total. The van der Waals surface area contributed by atoms with E-state index in [1.807, 2.05) is 0 Å². The average molecular weight is 225 g/mol. The fraction of sp³-hybridized carbons (Fsp3) is 1.00. The Morgan fingerprint density at radius 1 is 1.00 bits per heavy atom. The van der Waals surface area contributed by atoms with Crippen LogP contribution in [-0.4, -0.2) is 12.6 Å². The molecular formula is C15H31N. The molecule has 16 heavy (non-hydrogen) atoms. The summed E-state index contributed by atoms with van der Waals surface area (Å²) in [6.07, 6.45) is 11.3. The second-order valence-corrected chi connectivity index (χ2v) is 5.61. The molecule has 0 aliphatic heterocycles. The van der Waals surface area contributed by atoms with Crippen LogP contribution in [0.2, 0.25) is 0 Å². The zero-order valence-electron chi connectivity index (χ0n) is 11.6. The van der Waals surface area contributed by atoms with Crippen molar-refractivity contribution in [2.45, 2.75) is 78.2 Å². The lowest BCUT2D eigenvalue weighted by atomic mass is 9.90. The van der Waals surface area contributed by atoms with E-state index in [4.69, 9.17) is 0 Å². The van der Waals surface area contributed by atoms with Crippen LogP contribution in [0.15, 0.2) is 0 Å². The Morgan fingerprint density at radius 2 is 1.81 bits per heavy atom. The van der Waals surface area contributed by atoms with Crippen molar-refractivity contribution in [1.29, 1.82) is 0 Å². The van der Waals surface area contributed by atoms with Gasteiger partial charge < -0.3 is 5.32 Å². The van der Waals surface area contributed by atoms with Gasteiger partial charge in [-0.1, -0.05) is 52.9 Å². The first-order valence-electron chi connectivity index (χ1n) is 7.53. The Balaban J connectivity index is 2.14. The fourth-order valence-electron chi connectivity index (χ4n) is 3.11. The molecule has 1 aliphatic carbocycles. The molecule has 0 amide bonds. The van der Waals surface area contributed by atoms with Gasteiger partial charge in [-0.2, -0.15) is 0 Å². The van der Waals surface area contributed by atoms with Crippen molar-refractivity contribution in [2.24, 2.45) is 11.8 Å². The molecule has 1 nitrogen and oxygen atoms in total. The van der Waals surface area contributed by atoms with E-state index >= 15 is 0 Å². The number of unbranched alkanes of at least 4 members (excludes halogenated alkanes) is 3. The molecule has 0 saturated heterocycles. The molecule has 1 aliphatic rings. The predicted molar refractivity (Wildman–Crippen MR) is 72.7 cm³/mol. The molecule has 0 aromatic carbocycles. The van der Waals surface area contributed by atoms with E-state index < -0.39 is 0 Å². The number of nitrogens with one attached hydrogen (secondary N) is 1. The summed E-state index contributed by atoms with van der Waals surface area (Å²) in [5, 5.41) is 3.71. The second kappa shape index (κ2) is 8.11. The van der Waals surface area contributed by atoms with Crippen molar-refractivity contribution >= 4 is 0 Å². The minimum absolute atomic E-state index is 0.816. The van der Waals surface area contributed by atoms with Gasteiger partial charge in [-0.3, -0.25) is 0 Å². The Bertz CT molecular complexity index is 167. The van der Waals surface area contributed by atoms with Gasteiger partial charge in [0.2, 0.25) is 0 Å². The van der Waals surface area contributed by atoms with Crippen LogP contribution in [0.25, 0.3) is 0 Å². The van der Waals surface area contributed by atoms with Gasteiger partial charge in [-0.05, 0) is 37.6 Å². The third-order valence-corrected chi connectivity index (χ3v) is 4.31. The van der Waals surface area contributed by atoms with Crippen LogP contribution in [0.5, 0.6) is 0 Å². The molecule has 0 heterocycles. The lowest BCUT2D eigenvalue weighted by molar-refractivity contribution is 0.328. The highest BCUT2D eigenvalue weighted by atomic mass is 14.9. The maximum Gasteiger partial charge on any atom is 0.00954 e. The van der Waals surface area contributed by atoms with E-state index in [2.05, 4.69) is 26.1 Å². The summed E-state index contributed by atoms with van der Waals surface area (Å²) in [6.45, 7) is 8.22. The molecule has 1 rings (SSSR count).